The van der Waals surface area contributed by atoms with E-state index in [4.69, 9.17) is 0 Å². The summed E-state index contributed by atoms with van der Waals surface area (Å²) in [5.41, 5.74) is 0.829. The van der Waals surface area contributed by atoms with Crippen LogP contribution in [-0.2, 0) is 7.05 Å². The van der Waals surface area contributed by atoms with Crippen LogP contribution in [0.4, 0.5) is 5.82 Å². The third-order valence-electron chi connectivity index (χ3n) is 3.20. The lowest BCUT2D eigenvalue weighted by molar-refractivity contribution is 0.154. The molecule has 3 heterocycles. The maximum absolute atomic E-state index is 9.71. The number of nitrogens with zero attached hydrogens (tertiary/aromatic N) is 5. The van der Waals surface area contributed by atoms with Gasteiger partial charge in [-0.2, -0.15) is 5.10 Å². The van der Waals surface area contributed by atoms with E-state index in [-0.39, 0.29) is 6.10 Å². The summed E-state index contributed by atoms with van der Waals surface area (Å²) >= 11 is 0. The lowest BCUT2D eigenvalue weighted by atomic mass is 10.1. The zero-order chi connectivity index (χ0) is 11.8. The van der Waals surface area contributed by atoms with Crippen molar-refractivity contribution in [2.75, 3.05) is 18.0 Å². The molecule has 1 N–H and O–H groups in total. The van der Waals surface area contributed by atoms with E-state index in [1.54, 1.807) is 17.2 Å². The van der Waals surface area contributed by atoms with E-state index in [2.05, 4.69) is 20.0 Å². The number of β-amino-alcohol motifs (C(OH)–C–C–N with tert-alkyl or cyclic N) is 1. The number of rotatable bonds is 1. The van der Waals surface area contributed by atoms with E-state index >= 15 is 0 Å². The molecule has 1 saturated heterocycles. The number of anilines is 1. The first kappa shape index (κ1) is 10.5. The van der Waals surface area contributed by atoms with Crippen molar-refractivity contribution in [2.45, 2.75) is 18.9 Å². The molecule has 0 aromatic carbocycles. The molecular formula is C11H15N5O. The molecule has 6 heteroatoms. The summed E-state index contributed by atoms with van der Waals surface area (Å²) in [6.45, 7) is 1.57. The highest BCUT2D eigenvalue weighted by atomic mass is 16.3. The van der Waals surface area contributed by atoms with Crippen molar-refractivity contribution >= 4 is 16.9 Å². The summed E-state index contributed by atoms with van der Waals surface area (Å²) in [6.07, 6.45) is 4.95. The maximum atomic E-state index is 9.71. The van der Waals surface area contributed by atoms with Crippen LogP contribution in [0.2, 0.25) is 0 Å². The van der Waals surface area contributed by atoms with Crippen LogP contribution < -0.4 is 4.90 Å². The van der Waals surface area contributed by atoms with Crippen molar-refractivity contribution in [2.24, 2.45) is 7.05 Å². The molecule has 3 rings (SSSR count). The minimum Gasteiger partial charge on any atom is -0.391 e. The predicted molar refractivity (Wildman–Crippen MR) is 63.8 cm³/mol. The fourth-order valence-electron chi connectivity index (χ4n) is 2.35. The van der Waals surface area contributed by atoms with Gasteiger partial charge in [-0.05, 0) is 12.8 Å². The highest BCUT2D eigenvalue weighted by molar-refractivity contribution is 5.86. The summed E-state index contributed by atoms with van der Waals surface area (Å²) in [6, 6.07) is 0. The van der Waals surface area contributed by atoms with Gasteiger partial charge in [0.05, 0.1) is 17.7 Å². The van der Waals surface area contributed by atoms with Crippen LogP contribution >= 0.6 is 0 Å². The monoisotopic (exact) mass is 233 g/mol. The first-order chi connectivity index (χ1) is 8.25. The Morgan fingerprint density at radius 2 is 2.29 bits per heavy atom. The van der Waals surface area contributed by atoms with E-state index in [0.29, 0.717) is 6.54 Å². The number of aromatic nitrogens is 4. The smallest absolute Gasteiger partial charge is 0.163 e. The molecule has 0 unspecified atom stereocenters. The van der Waals surface area contributed by atoms with E-state index in [1.807, 2.05) is 7.05 Å². The minimum absolute atomic E-state index is 0.259. The Labute approximate surface area is 98.9 Å². The van der Waals surface area contributed by atoms with Crippen molar-refractivity contribution in [1.82, 2.24) is 19.7 Å². The zero-order valence-corrected chi connectivity index (χ0v) is 9.74. The Morgan fingerprint density at radius 3 is 3.12 bits per heavy atom. The van der Waals surface area contributed by atoms with Gasteiger partial charge in [-0.1, -0.05) is 0 Å². The summed E-state index contributed by atoms with van der Waals surface area (Å²) < 4.78 is 1.74. The molecule has 1 aliphatic heterocycles. The topological polar surface area (TPSA) is 67.1 Å². The molecular weight excluding hydrogens is 218 g/mol. The Kier molecular flexibility index (Phi) is 2.44. The summed E-state index contributed by atoms with van der Waals surface area (Å²) in [5, 5.41) is 14.9. The second-order valence-corrected chi connectivity index (χ2v) is 4.44. The first-order valence-electron chi connectivity index (χ1n) is 5.81. The highest BCUT2D eigenvalue weighted by Gasteiger charge is 2.21. The van der Waals surface area contributed by atoms with Gasteiger partial charge in [-0.15, -0.1) is 0 Å². The average Bonchev–Trinajstić information content (AvgIpc) is 2.71. The van der Waals surface area contributed by atoms with Gasteiger partial charge in [-0.3, -0.25) is 4.68 Å². The lowest BCUT2D eigenvalue weighted by Gasteiger charge is -2.31. The van der Waals surface area contributed by atoms with E-state index < -0.39 is 0 Å². The fourth-order valence-corrected chi connectivity index (χ4v) is 2.35. The number of aliphatic hydroxyl groups is 1. The number of aliphatic hydroxyl groups excluding tert-OH is 1. The van der Waals surface area contributed by atoms with Crippen LogP contribution in [0, 0.1) is 0 Å². The normalized spacial score (nSPS) is 21.1. The molecule has 6 nitrogen and oxygen atoms in total. The van der Waals surface area contributed by atoms with Crippen molar-refractivity contribution in [3.8, 4) is 0 Å². The molecule has 2 aromatic rings. The molecule has 1 atom stereocenters. The third-order valence-corrected chi connectivity index (χ3v) is 3.20. The molecule has 0 radical (unpaired) electrons. The fraction of sp³-hybridized carbons (Fsp3) is 0.545. The van der Waals surface area contributed by atoms with Crippen LogP contribution in [0.15, 0.2) is 12.5 Å². The van der Waals surface area contributed by atoms with Crippen LogP contribution in [0.5, 0.6) is 0 Å². The molecule has 17 heavy (non-hydrogen) atoms. The molecule has 90 valence electrons. The predicted octanol–water partition coefficient (Wildman–Crippen LogP) is 0.324. The second kappa shape index (κ2) is 3.96. The lowest BCUT2D eigenvalue weighted by Crippen LogP contribution is -2.38. The number of hydrogen-bond donors (Lipinski definition) is 1. The Hall–Kier alpha value is -1.69. The van der Waals surface area contributed by atoms with Gasteiger partial charge in [0.25, 0.3) is 0 Å². The van der Waals surface area contributed by atoms with Crippen LogP contribution in [0.3, 0.4) is 0 Å². The van der Waals surface area contributed by atoms with Gasteiger partial charge in [0.15, 0.2) is 5.65 Å². The maximum Gasteiger partial charge on any atom is 0.163 e. The van der Waals surface area contributed by atoms with Gasteiger partial charge in [0.2, 0.25) is 0 Å². The van der Waals surface area contributed by atoms with Gasteiger partial charge in [-0.25, -0.2) is 9.97 Å². The summed E-state index contributed by atoms with van der Waals surface area (Å²) in [4.78, 5) is 10.7. The molecule has 0 spiro atoms. The van der Waals surface area contributed by atoms with E-state index in [9.17, 15) is 5.11 Å². The minimum atomic E-state index is -0.259. The van der Waals surface area contributed by atoms with Gasteiger partial charge < -0.3 is 10.0 Å². The molecule has 1 aliphatic rings. The third kappa shape index (κ3) is 1.74. The van der Waals surface area contributed by atoms with Crippen molar-refractivity contribution in [3.63, 3.8) is 0 Å². The zero-order valence-electron chi connectivity index (χ0n) is 9.74. The first-order valence-corrected chi connectivity index (χ1v) is 5.81. The molecule has 0 amide bonds. The second-order valence-electron chi connectivity index (χ2n) is 4.44. The van der Waals surface area contributed by atoms with Gasteiger partial charge in [0.1, 0.15) is 12.1 Å². The molecule has 0 bridgehead atoms. The van der Waals surface area contributed by atoms with Crippen molar-refractivity contribution in [3.05, 3.63) is 12.5 Å². The van der Waals surface area contributed by atoms with Crippen LogP contribution in [-0.4, -0.2) is 44.0 Å². The van der Waals surface area contributed by atoms with Gasteiger partial charge in [0, 0.05) is 20.1 Å². The van der Waals surface area contributed by atoms with Gasteiger partial charge >= 0.3 is 0 Å². The highest BCUT2D eigenvalue weighted by Crippen LogP contribution is 2.24. The standard InChI is InChI=1S/C11H15N5O/c1-15-10-9(5-14-15)11(13-7-12-10)16-4-2-3-8(17)6-16/h5,7-8,17H,2-4,6H2,1H3/t8-/m1/s1. The number of hydrogen-bond acceptors (Lipinski definition) is 5. The number of piperidine rings is 1. The SMILES string of the molecule is Cn1ncc2c(N3CCC[C@@H](O)C3)ncnc21. The Bertz CT molecular complexity index is 538. The van der Waals surface area contributed by atoms with Crippen LogP contribution in [0.1, 0.15) is 12.8 Å². The average molecular weight is 233 g/mol. The largest absolute Gasteiger partial charge is 0.391 e. The molecule has 0 saturated carbocycles. The van der Waals surface area contributed by atoms with Crippen molar-refractivity contribution in [1.29, 1.82) is 0 Å². The van der Waals surface area contributed by atoms with Crippen molar-refractivity contribution < 1.29 is 5.11 Å². The van der Waals surface area contributed by atoms with E-state index in [1.165, 1.54) is 0 Å². The number of fused-ring (bicyclic) bond motifs is 1. The van der Waals surface area contributed by atoms with Crippen LogP contribution in [0.25, 0.3) is 11.0 Å². The quantitative estimate of drug-likeness (QED) is 0.768. The summed E-state index contributed by atoms with van der Waals surface area (Å²) in [5.74, 6) is 0.877. The Morgan fingerprint density at radius 1 is 1.41 bits per heavy atom. The van der Waals surface area contributed by atoms with E-state index in [0.717, 1.165) is 36.2 Å². The Balaban J connectivity index is 2.04. The molecule has 1 fully saturated rings. The summed E-state index contributed by atoms with van der Waals surface area (Å²) in [7, 11) is 1.87. The molecule has 0 aliphatic carbocycles. The number of aryl methyl sites for hydroxylation is 1. The molecule has 2 aromatic heterocycles.